The van der Waals surface area contributed by atoms with Crippen molar-refractivity contribution in [2.24, 2.45) is 0 Å². The molecular weight excluding hydrogens is 355 g/mol. The van der Waals surface area contributed by atoms with E-state index in [-0.39, 0.29) is 42.5 Å². The standard InChI is InChI=1S/C21H36O3S.Na.H/c1-2-3-4-5-6-7-8-9-10-11-12-13-17-20-24-25(22,23)21-18-15-14-16-19-21;;/h14-16,18-19H,2-13,17,20H2,1H3;;/q;+1;-1. The Morgan fingerprint density at radius 2 is 1.15 bits per heavy atom. The number of hydrogen-bond acceptors (Lipinski definition) is 3. The van der Waals surface area contributed by atoms with Crippen LogP contribution in [0.15, 0.2) is 35.2 Å². The summed E-state index contributed by atoms with van der Waals surface area (Å²) in [6, 6.07) is 8.35. The van der Waals surface area contributed by atoms with Gasteiger partial charge < -0.3 is 1.43 Å². The summed E-state index contributed by atoms with van der Waals surface area (Å²) < 4.78 is 28.9. The third-order valence-electron chi connectivity index (χ3n) is 4.52. The van der Waals surface area contributed by atoms with Crippen molar-refractivity contribution in [1.29, 1.82) is 0 Å². The van der Waals surface area contributed by atoms with Gasteiger partial charge in [-0.15, -0.1) is 0 Å². The second-order valence-corrected chi connectivity index (χ2v) is 8.45. The van der Waals surface area contributed by atoms with Gasteiger partial charge in [0.1, 0.15) is 0 Å². The van der Waals surface area contributed by atoms with E-state index >= 15 is 0 Å². The van der Waals surface area contributed by atoms with E-state index in [2.05, 4.69) is 6.92 Å². The van der Waals surface area contributed by atoms with Gasteiger partial charge in [0, 0.05) is 0 Å². The fourth-order valence-electron chi connectivity index (χ4n) is 2.94. The molecule has 0 radical (unpaired) electrons. The summed E-state index contributed by atoms with van der Waals surface area (Å²) in [6.07, 6.45) is 16.6. The van der Waals surface area contributed by atoms with E-state index in [0.717, 1.165) is 12.8 Å². The van der Waals surface area contributed by atoms with Crippen LogP contribution in [0.5, 0.6) is 0 Å². The molecule has 0 atom stereocenters. The van der Waals surface area contributed by atoms with Gasteiger partial charge in [-0.3, -0.25) is 4.18 Å². The largest absolute Gasteiger partial charge is 1.00 e. The van der Waals surface area contributed by atoms with Crippen LogP contribution in [-0.2, 0) is 14.3 Å². The van der Waals surface area contributed by atoms with Gasteiger partial charge in [-0.2, -0.15) is 8.42 Å². The minimum absolute atomic E-state index is 0. The number of unbranched alkanes of at least 4 members (excludes halogenated alkanes) is 12. The number of hydrogen-bond donors (Lipinski definition) is 0. The summed E-state index contributed by atoms with van der Waals surface area (Å²) in [4.78, 5) is 0.240. The minimum Gasteiger partial charge on any atom is -1.00 e. The van der Waals surface area contributed by atoms with Gasteiger partial charge in [0.15, 0.2) is 0 Å². The first-order valence-electron chi connectivity index (χ1n) is 10.1. The van der Waals surface area contributed by atoms with Crippen LogP contribution in [0.3, 0.4) is 0 Å². The van der Waals surface area contributed by atoms with Crippen LogP contribution in [-0.4, -0.2) is 15.0 Å². The summed E-state index contributed by atoms with van der Waals surface area (Å²) in [5.74, 6) is 0. The first-order valence-corrected chi connectivity index (χ1v) is 11.5. The van der Waals surface area contributed by atoms with Gasteiger partial charge in [0.05, 0.1) is 11.5 Å². The molecule has 0 amide bonds. The molecule has 0 aromatic heterocycles. The summed E-state index contributed by atoms with van der Waals surface area (Å²) in [6.45, 7) is 2.54. The molecule has 0 N–H and O–H groups in total. The topological polar surface area (TPSA) is 43.4 Å². The summed E-state index contributed by atoms with van der Waals surface area (Å²) >= 11 is 0. The van der Waals surface area contributed by atoms with Crippen molar-refractivity contribution in [3.05, 3.63) is 30.3 Å². The van der Waals surface area contributed by atoms with Gasteiger partial charge in [-0.25, -0.2) is 0 Å². The van der Waals surface area contributed by atoms with E-state index in [9.17, 15) is 8.42 Å². The van der Waals surface area contributed by atoms with Gasteiger partial charge >= 0.3 is 29.6 Å². The van der Waals surface area contributed by atoms with Crippen molar-refractivity contribution >= 4 is 10.1 Å². The Bertz CT molecular complexity index is 523. The molecule has 26 heavy (non-hydrogen) atoms. The second-order valence-electron chi connectivity index (χ2n) is 6.83. The third kappa shape index (κ3) is 13.3. The van der Waals surface area contributed by atoms with Crippen LogP contribution in [0.1, 0.15) is 91.8 Å². The van der Waals surface area contributed by atoms with Gasteiger partial charge in [-0.1, -0.05) is 102 Å². The molecule has 0 spiro atoms. The number of rotatable bonds is 16. The van der Waals surface area contributed by atoms with Crippen LogP contribution in [0.4, 0.5) is 0 Å². The molecule has 1 aromatic rings. The second kappa shape index (κ2) is 17.2. The molecule has 0 bridgehead atoms. The zero-order valence-corrected chi connectivity index (χ0v) is 19.7. The molecule has 146 valence electrons. The molecule has 0 heterocycles. The Balaban J connectivity index is 0. The average Bonchev–Trinajstić information content (AvgIpc) is 2.63. The van der Waals surface area contributed by atoms with Gasteiger partial charge in [-0.05, 0) is 18.6 Å². The van der Waals surface area contributed by atoms with Crippen molar-refractivity contribution in [3.63, 3.8) is 0 Å². The molecule has 5 heteroatoms. The van der Waals surface area contributed by atoms with E-state index in [1.807, 2.05) is 0 Å². The van der Waals surface area contributed by atoms with Gasteiger partial charge in [0.2, 0.25) is 0 Å². The Hall–Kier alpha value is 0.130. The van der Waals surface area contributed by atoms with E-state index in [0.29, 0.717) is 0 Å². The van der Waals surface area contributed by atoms with Crippen LogP contribution in [0.2, 0.25) is 0 Å². The molecule has 0 aliphatic carbocycles. The molecule has 0 saturated carbocycles. The Labute approximate surface area is 185 Å². The van der Waals surface area contributed by atoms with E-state index in [1.165, 1.54) is 70.6 Å². The Kier molecular flexibility index (Phi) is 17.3. The SMILES string of the molecule is CCCCCCCCCCCCCCCOS(=O)(=O)c1ccccc1.[H-].[Na+]. The maximum Gasteiger partial charge on any atom is 1.00 e. The van der Waals surface area contributed by atoms with E-state index in [1.54, 1.807) is 30.3 Å². The fourth-order valence-corrected chi connectivity index (χ4v) is 3.91. The first-order chi connectivity index (χ1) is 12.2. The molecule has 3 nitrogen and oxygen atoms in total. The van der Waals surface area contributed by atoms with E-state index < -0.39 is 10.1 Å². The zero-order valence-electron chi connectivity index (χ0n) is 17.9. The molecule has 0 fully saturated rings. The van der Waals surface area contributed by atoms with Crippen molar-refractivity contribution in [2.45, 2.75) is 95.3 Å². The zero-order chi connectivity index (χ0) is 18.2. The summed E-state index contributed by atoms with van der Waals surface area (Å²) in [5.41, 5.74) is 0. The van der Waals surface area contributed by atoms with Crippen molar-refractivity contribution in [1.82, 2.24) is 0 Å². The van der Waals surface area contributed by atoms with Crippen molar-refractivity contribution in [2.75, 3.05) is 6.61 Å². The van der Waals surface area contributed by atoms with E-state index in [4.69, 9.17) is 4.18 Å². The first kappa shape index (κ1) is 26.1. The minimum atomic E-state index is -3.58. The predicted molar refractivity (Wildman–Crippen MR) is 106 cm³/mol. The number of benzene rings is 1. The Morgan fingerprint density at radius 1 is 0.731 bits per heavy atom. The van der Waals surface area contributed by atoms with Gasteiger partial charge in [0.25, 0.3) is 10.1 Å². The quantitative estimate of drug-likeness (QED) is 0.245. The average molecular weight is 393 g/mol. The van der Waals surface area contributed by atoms with Crippen LogP contribution >= 0.6 is 0 Å². The van der Waals surface area contributed by atoms with Crippen LogP contribution in [0, 0.1) is 0 Å². The van der Waals surface area contributed by atoms with Crippen LogP contribution in [0.25, 0.3) is 0 Å². The normalized spacial score (nSPS) is 11.3. The molecule has 0 aliphatic heterocycles. The van der Waals surface area contributed by atoms with Crippen LogP contribution < -0.4 is 29.6 Å². The Morgan fingerprint density at radius 3 is 1.62 bits per heavy atom. The van der Waals surface area contributed by atoms with Crippen molar-refractivity contribution in [3.8, 4) is 0 Å². The predicted octanol–water partition coefficient (Wildman–Crippen LogP) is 3.60. The summed E-state index contributed by atoms with van der Waals surface area (Å²) in [5, 5.41) is 0. The fraction of sp³-hybridized carbons (Fsp3) is 0.714. The summed E-state index contributed by atoms with van der Waals surface area (Å²) in [7, 11) is -3.58. The molecule has 0 aliphatic rings. The molecule has 1 aromatic carbocycles. The molecule has 0 unspecified atom stereocenters. The van der Waals surface area contributed by atoms with Crippen molar-refractivity contribution < 1.29 is 43.6 Å². The monoisotopic (exact) mass is 392 g/mol. The smallest absolute Gasteiger partial charge is 1.00 e. The maximum atomic E-state index is 11.9. The maximum absolute atomic E-state index is 11.9. The third-order valence-corrected chi connectivity index (χ3v) is 5.84. The molecular formula is C21H37NaO3S. The molecule has 0 saturated heterocycles. The molecule has 1 rings (SSSR count).